The fourth-order valence-electron chi connectivity index (χ4n) is 2.22. The van der Waals surface area contributed by atoms with Crippen LogP contribution in [0.2, 0.25) is 0 Å². The Morgan fingerprint density at radius 1 is 1.00 bits per heavy atom. The molecule has 0 fully saturated rings. The number of ether oxygens (including phenoxy) is 1. The predicted molar refractivity (Wildman–Crippen MR) is 61.2 cm³/mol. The summed E-state index contributed by atoms with van der Waals surface area (Å²) in [6.45, 7) is 11.0. The van der Waals surface area contributed by atoms with Crippen LogP contribution in [0.1, 0.15) is 37.5 Å². The lowest BCUT2D eigenvalue weighted by molar-refractivity contribution is 0.413. The molecule has 1 aromatic carbocycles. The second kappa shape index (κ2) is 3.64. The highest BCUT2D eigenvalue weighted by Crippen LogP contribution is 2.31. The van der Waals surface area contributed by atoms with Crippen LogP contribution in [0.15, 0.2) is 12.1 Å². The van der Waals surface area contributed by atoms with E-state index in [-0.39, 0.29) is 5.41 Å². The van der Waals surface area contributed by atoms with Crippen molar-refractivity contribution in [2.45, 2.75) is 40.0 Å². The van der Waals surface area contributed by atoms with E-state index < -0.39 is 0 Å². The molecule has 0 N–H and O–H groups in total. The van der Waals surface area contributed by atoms with Gasteiger partial charge in [0.25, 0.3) is 0 Å². The van der Waals surface area contributed by atoms with Crippen LogP contribution in [-0.4, -0.2) is 7.11 Å². The van der Waals surface area contributed by atoms with Gasteiger partial charge in [-0.15, -0.1) is 0 Å². The van der Waals surface area contributed by atoms with Crippen molar-refractivity contribution in [2.75, 3.05) is 7.11 Å². The molecule has 1 nitrogen and oxygen atoms in total. The summed E-state index contributed by atoms with van der Waals surface area (Å²) in [6, 6.07) is 4.21. The molecule has 0 saturated heterocycles. The number of hydrogen-bond donors (Lipinski definition) is 0. The highest BCUT2D eigenvalue weighted by atomic mass is 16.5. The Kier molecular flexibility index (Phi) is 2.89. The van der Waals surface area contributed by atoms with Gasteiger partial charge in [0.05, 0.1) is 7.11 Å². The van der Waals surface area contributed by atoms with Crippen molar-refractivity contribution in [3.8, 4) is 5.75 Å². The summed E-state index contributed by atoms with van der Waals surface area (Å²) in [5.41, 5.74) is 4.27. The van der Waals surface area contributed by atoms with Crippen LogP contribution < -0.4 is 4.74 Å². The van der Waals surface area contributed by atoms with Gasteiger partial charge in [-0.05, 0) is 48.1 Å². The summed E-state index contributed by atoms with van der Waals surface area (Å²) >= 11 is 0. The van der Waals surface area contributed by atoms with Crippen molar-refractivity contribution in [1.29, 1.82) is 0 Å². The van der Waals surface area contributed by atoms with E-state index >= 15 is 0 Å². The van der Waals surface area contributed by atoms with Crippen molar-refractivity contribution in [3.63, 3.8) is 0 Å². The molecule has 1 aromatic rings. The molecular formula is C13H20O. The molecule has 0 aromatic heterocycles. The van der Waals surface area contributed by atoms with E-state index in [2.05, 4.69) is 46.8 Å². The maximum atomic E-state index is 5.24. The molecule has 78 valence electrons. The quantitative estimate of drug-likeness (QED) is 0.660. The summed E-state index contributed by atoms with van der Waals surface area (Å²) in [5, 5.41) is 0. The zero-order chi connectivity index (χ0) is 10.9. The van der Waals surface area contributed by atoms with E-state index in [4.69, 9.17) is 4.74 Å². The van der Waals surface area contributed by atoms with E-state index in [0.29, 0.717) is 0 Å². The molecule has 0 bridgehead atoms. The normalized spacial score (nSPS) is 11.6. The third-order valence-corrected chi connectivity index (χ3v) is 2.49. The average Bonchev–Trinajstić information content (AvgIpc) is 1.99. The Labute approximate surface area is 87.1 Å². The number of aryl methyl sites for hydroxylation is 2. The molecule has 0 aliphatic rings. The Hall–Kier alpha value is -0.980. The van der Waals surface area contributed by atoms with Crippen LogP contribution in [0.3, 0.4) is 0 Å². The molecule has 0 amide bonds. The third kappa shape index (κ3) is 2.09. The first kappa shape index (κ1) is 11.1. The first-order valence-corrected chi connectivity index (χ1v) is 5.02. The zero-order valence-corrected chi connectivity index (χ0v) is 10.1. The minimum atomic E-state index is 0.209. The van der Waals surface area contributed by atoms with Crippen LogP contribution >= 0.6 is 0 Å². The molecule has 14 heavy (non-hydrogen) atoms. The third-order valence-electron chi connectivity index (χ3n) is 2.49. The molecule has 1 rings (SSSR count). The smallest absolute Gasteiger partial charge is 0.119 e. The average molecular weight is 192 g/mol. The summed E-state index contributed by atoms with van der Waals surface area (Å²) < 4.78 is 5.24. The second-order valence-electron chi connectivity index (χ2n) is 4.89. The van der Waals surface area contributed by atoms with Gasteiger partial charge in [0.15, 0.2) is 0 Å². The monoisotopic (exact) mass is 192 g/mol. The molecule has 0 spiro atoms. The van der Waals surface area contributed by atoms with Crippen molar-refractivity contribution in [3.05, 3.63) is 28.8 Å². The summed E-state index contributed by atoms with van der Waals surface area (Å²) in [4.78, 5) is 0. The van der Waals surface area contributed by atoms with Gasteiger partial charge < -0.3 is 4.74 Å². The van der Waals surface area contributed by atoms with Crippen LogP contribution in [0, 0.1) is 13.8 Å². The van der Waals surface area contributed by atoms with Gasteiger partial charge in [-0.3, -0.25) is 0 Å². The van der Waals surface area contributed by atoms with Crippen LogP contribution in [0.4, 0.5) is 0 Å². The molecule has 0 saturated carbocycles. The molecule has 0 radical (unpaired) electrons. The first-order valence-electron chi connectivity index (χ1n) is 5.02. The summed E-state index contributed by atoms with van der Waals surface area (Å²) in [7, 11) is 1.71. The van der Waals surface area contributed by atoms with Crippen LogP contribution in [-0.2, 0) is 5.41 Å². The topological polar surface area (TPSA) is 9.23 Å². The van der Waals surface area contributed by atoms with Gasteiger partial charge in [-0.1, -0.05) is 20.8 Å². The fraction of sp³-hybridized carbons (Fsp3) is 0.538. The van der Waals surface area contributed by atoms with Gasteiger partial charge in [0, 0.05) is 0 Å². The standard InChI is InChI=1S/C13H20O/c1-9-7-11(14-6)8-10(2)12(9)13(3,4)5/h7-8H,1-6H3. The molecule has 0 unspecified atom stereocenters. The zero-order valence-electron chi connectivity index (χ0n) is 10.1. The predicted octanol–water partition coefficient (Wildman–Crippen LogP) is 3.61. The molecule has 0 aliphatic heterocycles. The SMILES string of the molecule is COc1cc(C)c(C(C)(C)C)c(C)c1. The lowest BCUT2D eigenvalue weighted by Gasteiger charge is -2.24. The minimum Gasteiger partial charge on any atom is -0.497 e. The highest BCUT2D eigenvalue weighted by molar-refractivity contribution is 5.44. The largest absolute Gasteiger partial charge is 0.497 e. The van der Waals surface area contributed by atoms with Gasteiger partial charge in [-0.25, -0.2) is 0 Å². The Balaban J connectivity index is 3.33. The van der Waals surface area contributed by atoms with Gasteiger partial charge in [-0.2, -0.15) is 0 Å². The van der Waals surface area contributed by atoms with Crippen LogP contribution in [0.25, 0.3) is 0 Å². The number of hydrogen-bond acceptors (Lipinski definition) is 1. The van der Waals surface area contributed by atoms with Gasteiger partial charge >= 0.3 is 0 Å². The Morgan fingerprint density at radius 3 is 1.71 bits per heavy atom. The molecular weight excluding hydrogens is 172 g/mol. The van der Waals surface area contributed by atoms with E-state index in [0.717, 1.165) is 5.75 Å². The fourth-order valence-corrected chi connectivity index (χ4v) is 2.22. The number of methoxy groups -OCH3 is 1. The molecule has 1 heteroatoms. The summed E-state index contributed by atoms with van der Waals surface area (Å²) in [5.74, 6) is 0.952. The van der Waals surface area contributed by atoms with Crippen molar-refractivity contribution >= 4 is 0 Å². The van der Waals surface area contributed by atoms with Crippen LogP contribution in [0.5, 0.6) is 5.75 Å². The molecule has 0 heterocycles. The van der Waals surface area contributed by atoms with E-state index in [1.54, 1.807) is 7.11 Å². The van der Waals surface area contributed by atoms with E-state index in [1.807, 2.05) is 0 Å². The molecule has 0 atom stereocenters. The molecule has 0 aliphatic carbocycles. The Morgan fingerprint density at radius 2 is 1.43 bits per heavy atom. The van der Waals surface area contributed by atoms with Crippen molar-refractivity contribution < 1.29 is 4.74 Å². The lowest BCUT2D eigenvalue weighted by Crippen LogP contribution is -2.15. The van der Waals surface area contributed by atoms with Crippen molar-refractivity contribution in [1.82, 2.24) is 0 Å². The maximum Gasteiger partial charge on any atom is 0.119 e. The first-order chi connectivity index (χ1) is 6.36. The lowest BCUT2D eigenvalue weighted by atomic mass is 9.81. The second-order valence-corrected chi connectivity index (χ2v) is 4.89. The van der Waals surface area contributed by atoms with Gasteiger partial charge in [0.1, 0.15) is 5.75 Å². The summed E-state index contributed by atoms with van der Waals surface area (Å²) in [6.07, 6.45) is 0. The van der Waals surface area contributed by atoms with E-state index in [1.165, 1.54) is 16.7 Å². The van der Waals surface area contributed by atoms with Crippen molar-refractivity contribution in [2.24, 2.45) is 0 Å². The van der Waals surface area contributed by atoms with E-state index in [9.17, 15) is 0 Å². The minimum absolute atomic E-state index is 0.209. The highest BCUT2D eigenvalue weighted by Gasteiger charge is 2.19. The number of rotatable bonds is 1. The Bertz CT molecular complexity index is 309. The number of benzene rings is 1. The van der Waals surface area contributed by atoms with Gasteiger partial charge in [0.2, 0.25) is 0 Å². The maximum absolute atomic E-state index is 5.24.